The monoisotopic (exact) mass is 759 g/mol. The predicted molar refractivity (Wildman–Crippen MR) is 246 cm³/mol. The van der Waals surface area contributed by atoms with E-state index in [1.165, 1.54) is 48.2 Å². The van der Waals surface area contributed by atoms with Crippen molar-refractivity contribution in [3.8, 4) is 39.6 Å². The summed E-state index contributed by atoms with van der Waals surface area (Å²) in [5, 5.41) is 7.68. The van der Waals surface area contributed by atoms with Crippen LogP contribution < -0.4 is 20.7 Å². The fraction of sp³-hybridized carbons (Fsp3) is 0.0370. The number of para-hydroxylation sites is 2. The molecule has 0 fully saturated rings. The quantitative estimate of drug-likeness (QED) is 0.114. The van der Waals surface area contributed by atoms with Crippen molar-refractivity contribution in [2.24, 2.45) is 0 Å². The second-order valence-electron chi connectivity index (χ2n) is 15.1. The molecule has 2 aromatic heterocycles. The molecule has 8 aromatic carbocycles. The van der Waals surface area contributed by atoms with Crippen LogP contribution in [-0.2, 0) is 0 Å². The maximum atomic E-state index is 5.45. The number of hydrogen-bond acceptors (Lipinski definition) is 2. The first-order chi connectivity index (χ1) is 28.6. The van der Waals surface area contributed by atoms with Crippen molar-refractivity contribution in [3.05, 3.63) is 223 Å². The topological polar surface area (TPSA) is 30.7 Å². The summed E-state index contributed by atoms with van der Waals surface area (Å²) in [7, 11) is -2.78. The lowest BCUT2D eigenvalue weighted by Crippen LogP contribution is -2.74. The van der Waals surface area contributed by atoms with E-state index in [0.717, 1.165) is 39.3 Å². The third-order valence-corrected chi connectivity index (χ3v) is 16.4. The zero-order valence-corrected chi connectivity index (χ0v) is 33.5. The Morgan fingerprint density at radius 3 is 1.53 bits per heavy atom. The molecule has 0 amide bonds. The van der Waals surface area contributed by atoms with Crippen molar-refractivity contribution in [2.75, 3.05) is 0 Å². The van der Waals surface area contributed by atoms with Gasteiger partial charge in [-0.3, -0.25) is 0 Å². The SMILES string of the molecule is Cc1cccc(C)c1-c1cc(-c2ccc3c(c2)c2ccccc2n3-c2ccccc2)nc(-c2cccc([Si](c3ccccc3)(c3ccccc3)c3ccccc3)c2)n1. The Bertz CT molecular complexity index is 2950. The van der Waals surface area contributed by atoms with Crippen molar-refractivity contribution in [1.29, 1.82) is 0 Å². The zero-order valence-electron chi connectivity index (χ0n) is 32.5. The summed E-state index contributed by atoms with van der Waals surface area (Å²) in [5.74, 6) is 0.709. The summed E-state index contributed by atoms with van der Waals surface area (Å²) < 4.78 is 2.36. The Labute approximate surface area is 340 Å². The Balaban J connectivity index is 1.21. The van der Waals surface area contributed by atoms with Crippen molar-refractivity contribution in [2.45, 2.75) is 13.8 Å². The molecule has 2 heterocycles. The van der Waals surface area contributed by atoms with Gasteiger partial charge >= 0.3 is 0 Å². The van der Waals surface area contributed by atoms with Gasteiger partial charge in [0.15, 0.2) is 13.9 Å². The summed E-state index contributed by atoms with van der Waals surface area (Å²) in [6, 6.07) is 77.0. The average Bonchev–Trinajstić information content (AvgIpc) is 3.62. The van der Waals surface area contributed by atoms with E-state index >= 15 is 0 Å². The molecule has 4 heteroatoms. The predicted octanol–water partition coefficient (Wildman–Crippen LogP) is 10.6. The van der Waals surface area contributed by atoms with Crippen LogP contribution in [0.3, 0.4) is 0 Å². The van der Waals surface area contributed by atoms with Crippen LogP contribution in [0.15, 0.2) is 212 Å². The molecular weight excluding hydrogens is 719 g/mol. The lowest BCUT2D eigenvalue weighted by Gasteiger charge is -2.34. The van der Waals surface area contributed by atoms with Crippen molar-refractivity contribution >= 4 is 50.6 Å². The number of benzene rings is 8. The largest absolute Gasteiger partial charge is 0.309 e. The number of rotatable bonds is 8. The normalized spacial score (nSPS) is 11.6. The van der Waals surface area contributed by atoms with Gasteiger partial charge < -0.3 is 4.57 Å². The van der Waals surface area contributed by atoms with Gasteiger partial charge in [-0.1, -0.05) is 176 Å². The van der Waals surface area contributed by atoms with E-state index < -0.39 is 8.07 Å². The van der Waals surface area contributed by atoms with Crippen LogP contribution in [-0.4, -0.2) is 22.6 Å². The molecule has 0 saturated carbocycles. The molecule has 58 heavy (non-hydrogen) atoms. The van der Waals surface area contributed by atoms with E-state index in [4.69, 9.17) is 9.97 Å². The van der Waals surface area contributed by atoms with Crippen LogP contribution >= 0.6 is 0 Å². The average molecular weight is 760 g/mol. The summed E-state index contributed by atoms with van der Waals surface area (Å²) in [5.41, 5.74) is 10.9. The van der Waals surface area contributed by atoms with Crippen molar-refractivity contribution in [1.82, 2.24) is 14.5 Å². The van der Waals surface area contributed by atoms with Crippen LogP contribution in [0.1, 0.15) is 11.1 Å². The number of fused-ring (bicyclic) bond motifs is 3. The minimum Gasteiger partial charge on any atom is -0.309 e. The third kappa shape index (κ3) is 5.97. The molecule has 0 bridgehead atoms. The van der Waals surface area contributed by atoms with E-state index in [-0.39, 0.29) is 0 Å². The first-order valence-electron chi connectivity index (χ1n) is 19.9. The summed E-state index contributed by atoms with van der Waals surface area (Å²) >= 11 is 0. The van der Waals surface area contributed by atoms with Crippen LogP contribution in [0.25, 0.3) is 61.4 Å². The minimum atomic E-state index is -2.78. The molecular formula is C54H41N3Si. The standard InChI is InChI=1S/C54H41N3Si/c1-38-19-17-20-39(2)53(38)50-37-49(40-33-34-52-48(36-40)47-31-15-16-32-51(47)57(52)42-22-7-3-8-23-42)55-54(56-50)41-21-18-30-46(35-41)58(43-24-9-4-10-25-43,44-26-11-5-12-27-44)45-28-13-6-14-29-45/h3-37H,1-2H3. The third-order valence-electron chi connectivity index (χ3n) is 11.6. The van der Waals surface area contributed by atoms with Gasteiger partial charge in [0.25, 0.3) is 0 Å². The minimum absolute atomic E-state index is 0.709. The lowest BCUT2D eigenvalue weighted by atomic mass is 9.98. The van der Waals surface area contributed by atoms with Gasteiger partial charge in [-0.2, -0.15) is 0 Å². The van der Waals surface area contributed by atoms with Gasteiger partial charge in [0.2, 0.25) is 0 Å². The Morgan fingerprint density at radius 1 is 0.379 bits per heavy atom. The fourth-order valence-corrected chi connectivity index (χ4v) is 13.8. The molecule has 276 valence electrons. The first-order valence-corrected chi connectivity index (χ1v) is 21.9. The number of hydrogen-bond donors (Lipinski definition) is 0. The highest BCUT2D eigenvalue weighted by Crippen LogP contribution is 2.36. The number of nitrogens with zero attached hydrogens (tertiary/aromatic N) is 3. The van der Waals surface area contributed by atoms with Gasteiger partial charge in [0.05, 0.1) is 22.4 Å². The lowest BCUT2D eigenvalue weighted by molar-refractivity contribution is 1.17. The maximum Gasteiger partial charge on any atom is 0.179 e. The second-order valence-corrected chi connectivity index (χ2v) is 18.9. The van der Waals surface area contributed by atoms with Gasteiger partial charge in [0.1, 0.15) is 0 Å². The van der Waals surface area contributed by atoms with Crippen LogP contribution in [0.5, 0.6) is 0 Å². The molecule has 10 aromatic rings. The molecule has 0 aliphatic heterocycles. The van der Waals surface area contributed by atoms with E-state index in [1.54, 1.807) is 0 Å². The van der Waals surface area contributed by atoms with E-state index in [9.17, 15) is 0 Å². The van der Waals surface area contributed by atoms with Gasteiger partial charge in [0, 0.05) is 33.2 Å². The molecule has 0 spiro atoms. The van der Waals surface area contributed by atoms with Gasteiger partial charge in [-0.05, 0) is 82.1 Å². The molecule has 0 aliphatic rings. The Hall–Kier alpha value is -7.14. The van der Waals surface area contributed by atoms with Gasteiger partial charge in [-0.15, -0.1) is 0 Å². The second kappa shape index (κ2) is 14.7. The van der Waals surface area contributed by atoms with Crippen molar-refractivity contribution < 1.29 is 0 Å². The van der Waals surface area contributed by atoms with E-state index in [0.29, 0.717) is 5.82 Å². The molecule has 0 N–H and O–H groups in total. The fourth-order valence-electron chi connectivity index (χ4n) is 9.01. The van der Waals surface area contributed by atoms with E-state index in [2.05, 4.69) is 231 Å². The van der Waals surface area contributed by atoms with E-state index in [1.807, 2.05) is 0 Å². The summed E-state index contributed by atoms with van der Waals surface area (Å²) in [6.45, 7) is 4.35. The molecule has 0 saturated heterocycles. The Kier molecular flexibility index (Phi) is 8.97. The molecule has 0 unspecified atom stereocenters. The number of aromatic nitrogens is 3. The highest BCUT2D eigenvalue weighted by Gasteiger charge is 2.41. The molecule has 3 nitrogen and oxygen atoms in total. The van der Waals surface area contributed by atoms with Crippen LogP contribution in [0.4, 0.5) is 0 Å². The maximum absolute atomic E-state index is 5.45. The van der Waals surface area contributed by atoms with Crippen LogP contribution in [0, 0.1) is 13.8 Å². The van der Waals surface area contributed by atoms with Crippen molar-refractivity contribution in [3.63, 3.8) is 0 Å². The zero-order chi connectivity index (χ0) is 39.1. The molecule has 0 radical (unpaired) electrons. The van der Waals surface area contributed by atoms with Gasteiger partial charge in [-0.25, -0.2) is 9.97 Å². The molecule has 10 rings (SSSR count). The molecule has 0 atom stereocenters. The summed E-state index contributed by atoms with van der Waals surface area (Å²) in [4.78, 5) is 10.9. The summed E-state index contributed by atoms with van der Waals surface area (Å²) in [6.07, 6.45) is 0. The number of aryl methyl sites for hydroxylation is 2. The Morgan fingerprint density at radius 2 is 0.897 bits per heavy atom. The molecule has 0 aliphatic carbocycles. The smallest absolute Gasteiger partial charge is 0.179 e. The van der Waals surface area contributed by atoms with Crippen LogP contribution in [0.2, 0.25) is 0 Å². The highest BCUT2D eigenvalue weighted by atomic mass is 28.3. The first kappa shape index (κ1) is 35.3. The highest BCUT2D eigenvalue weighted by molar-refractivity contribution is 7.19.